The summed E-state index contributed by atoms with van der Waals surface area (Å²) >= 11 is 0. The third-order valence-electron chi connectivity index (χ3n) is 2.91. The van der Waals surface area contributed by atoms with Crippen LogP contribution < -0.4 is 15.2 Å². The van der Waals surface area contributed by atoms with Crippen LogP contribution in [0.3, 0.4) is 0 Å². The first-order valence-electron chi connectivity index (χ1n) is 5.61. The van der Waals surface area contributed by atoms with Crippen LogP contribution in [0.25, 0.3) is 0 Å². The summed E-state index contributed by atoms with van der Waals surface area (Å²) in [5, 5.41) is 8.80. The number of ether oxygens (including phenoxy) is 2. The van der Waals surface area contributed by atoms with Crippen LogP contribution in [0.1, 0.15) is 29.2 Å². The van der Waals surface area contributed by atoms with E-state index in [1.165, 1.54) is 0 Å². The van der Waals surface area contributed by atoms with Gasteiger partial charge < -0.3 is 20.3 Å². The summed E-state index contributed by atoms with van der Waals surface area (Å²) in [5.74, 6) is 0.337. The molecule has 18 heavy (non-hydrogen) atoms. The SMILES string of the molecule is COc1c(C)cc(C(N)CC(=O)O)c(C)c1OC. The molecule has 0 aliphatic carbocycles. The van der Waals surface area contributed by atoms with Gasteiger partial charge in [-0.3, -0.25) is 4.79 Å². The first-order valence-corrected chi connectivity index (χ1v) is 5.61. The Morgan fingerprint density at radius 2 is 1.89 bits per heavy atom. The van der Waals surface area contributed by atoms with Crippen LogP contribution in [0.5, 0.6) is 11.5 Å². The number of rotatable bonds is 5. The number of carbonyl (C=O) groups is 1. The number of carboxylic acid groups (broad SMARTS) is 1. The Labute approximate surface area is 107 Å². The van der Waals surface area contributed by atoms with E-state index in [1.54, 1.807) is 14.2 Å². The monoisotopic (exact) mass is 253 g/mol. The molecule has 0 radical (unpaired) electrons. The lowest BCUT2D eigenvalue weighted by atomic mass is 9.95. The number of carboxylic acids is 1. The van der Waals surface area contributed by atoms with Crippen molar-refractivity contribution in [3.05, 3.63) is 22.8 Å². The number of hydrogen-bond donors (Lipinski definition) is 2. The fourth-order valence-electron chi connectivity index (χ4n) is 2.07. The van der Waals surface area contributed by atoms with Gasteiger partial charge in [0.2, 0.25) is 0 Å². The molecule has 1 atom stereocenters. The van der Waals surface area contributed by atoms with Crippen molar-refractivity contribution in [2.45, 2.75) is 26.3 Å². The number of aliphatic carboxylic acids is 1. The van der Waals surface area contributed by atoms with Crippen LogP contribution in [-0.4, -0.2) is 25.3 Å². The van der Waals surface area contributed by atoms with Gasteiger partial charge in [-0.25, -0.2) is 0 Å². The lowest BCUT2D eigenvalue weighted by molar-refractivity contribution is -0.137. The predicted octanol–water partition coefficient (Wildman–Crippen LogP) is 1.80. The Kier molecular flexibility index (Phi) is 4.55. The molecule has 0 saturated carbocycles. The molecule has 0 aliphatic heterocycles. The van der Waals surface area contributed by atoms with E-state index in [4.69, 9.17) is 20.3 Å². The van der Waals surface area contributed by atoms with E-state index < -0.39 is 12.0 Å². The molecule has 5 heteroatoms. The molecule has 1 aromatic carbocycles. The lowest BCUT2D eigenvalue weighted by Gasteiger charge is -2.19. The smallest absolute Gasteiger partial charge is 0.305 e. The third-order valence-corrected chi connectivity index (χ3v) is 2.91. The molecule has 0 spiro atoms. The van der Waals surface area contributed by atoms with E-state index in [1.807, 2.05) is 19.9 Å². The fourth-order valence-corrected chi connectivity index (χ4v) is 2.07. The highest BCUT2D eigenvalue weighted by molar-refractivity contribution is 5.68. The Hall–Kier alpha value is -1.75. The number of methoxy groups -OCH3 is 2. The van der Waals surface area contributed by atoms with Gasteiger partial charge in [-0.15, -0.1) is 0 Å². The zero-order valence-electron chi connectivity index (χ0n) is 11.1. The van der Waals surface area contributed by atoms with E-state index in [-0.39, 0.29) is 6.42 Å². The molecule has 0 aliphatic rings. The molecule has 1 unspecified atom stereocenters. The van der Waals surface area contributed by atoms with Crippen LogP contribution >= 0.6 is 0 Å². The molecule has 0 saturated heterocycles. The van der Waals surface area contributed by atoms with Crippen molar-refractivity contribution >= 4 is 5.97 Å². The molecule has 0 heterocycles. The maximum absolute atomic E-state index is 10.7. The van der Waals surface area contributed by atoms with E-state index in [9.17, 15) is 4.79 Å². The van der Waals surface area contributed by atoms with Crippen LogP contribution in [0.4, 0.5) is 0 Å². The summed E-state index contributed by atoms with van der Waals surface area (Å²) in [5.41, 5.74) is 8.36. The van der Waals surface area contributed by atoms with Crippen molar-refractivity contribution in [1.29, 1.82) is 0 Å². The highest BCUT2D eigenvalue weighted by Gasteiger charge is 2.20. The zero-order chi connectivity index (χ0) is 13.9. The van der Waals surface area contributed by atoms with Crippen LogP contribution in [0, 0.1) is 13.8 Å². The van der Waals surface area contributed by atoms with Crippen LogP contribution in [0.15, 0.2) is 6.07 Å². The van der Waals surface area contributed by atoms with Gasteiger partial charge in [-0.05, 0) is 30.5 Å². The average molecular weight is 253 g/mol. The molecule has 0 amide bonds. The van der Waals surface area contributed by atoms with Crippen LogP contribution in [0.2, 0.25) is 0 Å². The van der Waals surface area contributed by atoms with Gasteiger partial charge in [0.05, 0.1) is 20.6 Å². The number of benzene rings is 1. The zero-order valence-corrected chi connectivity index (χ0v) is 11.1. The van der Waals surface area contributed by atoms with Gasteiger partial charge in [-0.2, -0.15) is 0 Å². The molecule has 5 nitrogen and oxygen atoms in total. The summed E-state index contributed by atoms with van der Waals surface area (Å²) in [6.07, 6.45) is -0.115. The van der Waals surface area contributed by atoms with Crippen molar-refractivity contribution in [1.82, 2.24) is 0 Å². The van der Waals surface area contributed by atoms with Gasteiger partial charge in [0.25, 0.3) is 0 Å². The standard InChI is InChI=1S/C13H19NO4/c1-7-5-9(10(14)6-11(15)16)8(2)13(18-4)12(7)17-3/h5,10H,6,14H2,1-4H3,(H,15,16). The minimum absolute atomic E-state index is 0.115. The second-order valence-corrected chi connectivity index (χ2v) is 4.18. The van der Waals surface area contributed by atoms with Gasteiger partial charge >= 0.3 is 5.97 Å². The van der Waals surface area contributed by atoms with Crippen molar-refractivity contribution < 1.29 is 19.4 Å². The van der Waals surface area contributed by atoms with E-state index in [0.717, 1.165) is 16.7 Å². The maximum Gasteiger partial charge on any atom is 0.305 e. The minimum atomic E-state index is -0.922. The molecule has 1 rings (SSSR count). The Balaban J connectivity index is 3.30. The highest BCUT2D eigenvalue weighted by Crippen LogP contribution is 2.38. The first-order chi connectivity index (χ1) is 8.42. The predicted molar refractivity (Wildman–Crippen MR) is 68.2 cm³/mol. The van der Waals surface area contributed by atoms with E-state index in [0.29, 0.717) is 11.5 Å². The van der Waals surface area contributed by atoms with Gasteiger partial charge in [0.1, 0.15) is 0 Å². The Bertz CT molecular complexity index is 457. The maximum atomic E-state index is 10.7. The molecular weight excluding hydrogens is 234 g/mol. The second kappa shape index (κ2) is 5.73. The third kappa shape index (κ3) is 2.73. The topological polar surface area (TPSA) is 81.8 Å². The summed E-state index contributed by atoms with van der Waals surface area (Å²) in [7, 11) is 3.12. The first kappa shape index (κ1) is 14.3. The average Bonchev–Trinajstić information content (AvgIpc) is 2.29. The number of hydrogen-bond acceptors (Lipinski definition) is 4. The number of nitrogens with two attached hydrogens (primary N) is 1. The van der Waals surface area contributed by atoms with Crippen molar-refractivity contribution in [2.24, 2.45) is 5.73 Å². The van der Waals surface area contributed by atoms with Crippen molar-refractivity contribution in [2.75, 3.05) is 14.2 Å². The molecule has 100 valence electrons. The Morgan fingerprint density at radius 3 is 2.33 bits per heavy atom. The fraction of sp³-hybridized carbons (Fsp3) is 0.462. The number of aryl methyl sites for hydroxylation is 1. The quantitative estimate of drug-likeness (QED) is 0.836. The molecule has 0 bridgehead atoms. The van der Waals surface area contributed by atoms with E-state index >= 15 is 0 Å². The molecule has 0 aromatic heterocycles. The largest absolute Gasteiger partial charge is 0.493 e. The molecule has 0 fully saturated rings. The van der Waals surface area contributed by atoms with Crippen molar-refractivity contribution in [3.63, 3.8) is 0 Å². The molecule has 3 N–H and O–H groups in total. The van der Waals surface area contributed by atoms with Crippen molar-refractivity contribution in [3.8, 4) is 11.5 Å². The van der Waals surface area contributed by atoms with Crippen LogP contribution in [-0.2, 0) is 4.79 Å². The van der Waals surface area contributed by atoms with Gasteiger partial charge in [0, 0.05) is 6.04 Å². The van der Waals surface area contributed by atoms with Gasteiger partial charge in [0.15, 0.2) is 11.5 Å². The van der Waals surface area contributed by atoms with Gasteiger partial charge in [-0.1, -0.05) is 6.07 Å². The molecular formula is C13H19NO4. The minimum Gasteiger partial charge on any atom is -0.493 e. The van der Waals surface area contributed by atoms with E-state index in [2.05, 4.69) is 0 Å². The molecule has 1 aromatic rings. The normalized spacial score (nSPS) is 12.1. The summed E-state index contributed by atoms with van der Waals surface area (Å²) < 4.78 is 10.6. The summed E-state index contributed by atoms with van der Waals surface area (Å²) in [6.45, 7) is 3.72. The Morgan fingerprint density at radius 1 is 1.33 bits per heavy atom. The summed E-state index contributed by atoms with van der Waals surface area (Å²) in [4.78, 5) is 10.7. The second-order valence-electron chi connectivity index (χ2n) is 4.18. The lowest BCUT2D eigenvalue weighted by Crippen LogP contribution is -2.17. The highest BCUT2D eigenvalue weighted by atomic mass is 16.5. The summed E-state index contributed by atoms with van der Waals surface area (Å²) in [6, 6.07) is 1.30.